The number of carbonyl (C=O) groups is 1. The Bertz CT molecular complexity index is 624. The number of rotatable bonds is 4. The van der Waals surface area contributed by atoms with Gasteiger partial charge in [0.15, 0.2) is 0 Å². The van der Waals surface area contributed by atoms with E-state index in [1.807, 2.05) is 18.2 Å². The standard InChI is InChI=1S/C15H16N2O2S/c18-10-16-15-7-12-4-5-17(9-14(12)20-15)8-11-2-1-3-13(19)6-11/h1-3,6-7,10,19H,4-5,8-9H2,(H,16,18). The van der Waals surface area contributed by atoms with Crippen molar-refractivity contribution in [2.75, 3.05) is 11.9 Å². The predicted molar refractivity (Wildman–Crippen MR) is 79.9 cm³/mol. The van der Waals surface area contributed by atoms with Crippen molar-refractivity contribution in [3.05, 3.63) is 46.3 Å². The maximum Gasteiger partial charge on any atom is 0.212 e. The molecule has 0 aliphatic carbocycles. The van der Waals surface area contributed by atoms with Crippen LogP contribution in [0, 0.1) is 0 Å². The van der Waals surface area contributed by atoms with Gasteiger partial charge in [-0.1, -0.05) is 12.1 Å². The molecule has 1 aliphatic rings. The fraction of sp³-hybridized carbons (Fsp3) is 0.267. The summed E-state index contributed by atoms with van der Waals surface area (Å²) in [4.78, 5) is 14.2. The van der Waals surface area contributed by atoms with Crippen molar-refractivity contribution in [2.45, 2.75) is 19.5 Å². The number of benzene rings is 1. The molecule has 2 N–H and O–H groups in total. The van der Waals surface area contributed by atoms with Gasteiger partial charge in [-0.25, -0.2) is 0 Å². The third kappa shape index (κ3) is 2.84. The quantitative estimate of drug-likeness (QED) is 0.850. The van der Waals surface area contributed by atoms with Crippen molar-refractivity contribution in [2.24, 2.45) is 0 Å². The minimum atomic E-state index is 0.314. The van der Waals surface area contributed by atoms with Crippen LogP contribution in [0.4, 0.5) is 5.00 Å². The molecule has 5 heteroatoms. The number of nitrogens with zero attached hydrogens (tertiary/aromatic N) is 1. The molecule has 0 atom stereocenters. The molecule has 20 heavy (non-hydrogen) atoms. The van der Waals surface area contributed by atoms with Gasteiger partial charge in [-0.05, 0) is 35.7 Å². The average molecular weight is 288 g/mol. The lowest BCUT2D eigenvalue weighted by Crippen LogP contribution is -2.28. The molecule has 1 aromatic heterocycles. The topological polar surface area (TPSA) is 52.6 Å². The van der Waals surface area contributed by atoms with Crippen molar-refractivity contribution in [1.29, 1.82) is 0 Å². The summed E-state index contributed by atoms with van der Waals surface area (Å²) in [5, 5.41) is 13.1. The van der Waals surface area contributed by atoms with Crippen LogP contribution in [0.15, 0.2) is 30.3 Å². The second-order valence-corrected chi connectivity index (χ2v) is 6.09. The molecule has 4 nitrogen and oxygen atoms in total. The molecule has 0 saturated carbocycles. The van der Waals surface area contributed by atoms with E-state index in [1.54, 1.807) is 17.4 Å². The highest BCUT2D eigenvalue weighted by molar-refractivity contribution is 7.16. The van der Waals surface area contributed by atoms with Crippen LogP contribution in [0.5, 0.6) is 5.75 Å². The van der Waals surface area contributed by atoms with Crippen LogP contribution in [-0.2, 0) is 24.3 Å². The minimum Gasteiger partial charge on any atom is -0.508 e. The second-order valence-electron chi connectivity index (χ2n) is 4.95. The van der Waals surface area contributed by atoms with Gasteiger partial charge in [0.25, 0.3) is 0 Å². The number of phenolic OH excluding ortho intramolecular Hbond substituents is 1. The first-order valence-corrected chi connectivity index (χ1v) is 7.38. The highest BCUT2D eigenvalue weighted by atomic mass is 32.1. The highest BCUT2D eigenvalue weighted by Crippen LogP contribution is 2.32. The summed E-state index contributed by atoms with van der Waals surface area (Å²) in [5.74, 6) is 0.314. The first-order chi connectivity index (χ1) is 9.74. The number of amides is 1. The van der Waals surface area contributed by atoms with E-state index in [0.717, 1.165) is 43.0 Å². The van der Waals surface area contributed by atoms with E-state index in [2.05, 4.69) is 16.3 Å². The summed E-state index contributed by atoms with van der Waals surface area (Å²) < 4.78 is 0. The third-order valence-electron chi connectivity index (χ3n) is 3.48. The molecule has 3 rings (SSSR count). The summed E-state index contributed by atoms with van der Waals surface area (Å²) in [7, 11) is 0. The summed E-state index contributed by atoms with van der Waals surface area (Å²) in [5.41, 5.74) is 2.46. The normalized spacial score (nSPS) is 14.8. The van der Waals surface area contributed by atoms with Crippen molar-refractivity contribution in [1.82, 2.24) is 4.90 Å². The molecule has 2 aromatic rings. The van der Waals surface area contributed by atoms with Gasteiger partial charge in [0, 0.05) is 24.5 Å². The summed E-state index contributed by atoms with van der Waals surface area (Å²) in [6, 6.07) is 9.47. The molecule has 2 heterocycles. The molecular formula is C15H16N2O2S. The van der Waals surface area contributed by atoms with E-state index in [9.17, 15) is 9.90 Å². The smallest absolute Gasteiger partial charge is 0.212 e. The summed E-state index contributed by atoms with van der Waals surface area (Å²) >= 11 is 1.64. The number of aromatic hydroxyl groups is 1. The number of fused-ring (bicyclic) bond motifs is 1. The van der Waals surface area contributed by atoms with Gasteiger partial charge in [-0.15, -0.1) is 11.3 Å². The molecule has 0 saturated heterocycles. The largest absolute Gasteiger partial charge is 0.508 e. The molecule has 104 valence electrons. The van der Waals surface area contributed by atoms with E-state index >= 15 is 0 Å². The highest BCUT2D eigenvalue weighted by Gasteiger charge is 2.19. The minimum absolute atomic E-state index is 0.314. The summed E-state index contributed by atoms with van der Waals surface area (Å²) in [6.07, 6.45) is 1.73. The van der Waals surface area contributed by atoms with Crippen molar-refractivity contribution in [3.63, 3.8) is 0 Å². The molecule has 1 amide bonds. The Morgan fingerprint density at radius 1 is 1.40 bits per heavy atom. The van der Waals surface area contributed by atoms with Gasteiger partial charge in [-0.2, -0.15) is 0 Å². The molecule has 1 aliphatic heterocycles. The number of hydrogen-bond acceptors (Lipinski definition) is 4. The number of carbonyl (C=O) groups excluding carboxylic acids is 1. The molecule has 0 spiro atoms. The number of thiophene rings is 1. The number of anilines is 1. The van der Waals surface area contributed by atoms with Crippen molar-refractivity contribution >= 4 is 22.7 Å². The zero-order valence-electron chi connectivity index (χ0n) is 11.0. The summed E-state index contributed by atoms with van der Waals surface area (Å²) in [6.45, 7) is 2.73. The fourth-order valence-electron chi connectivity index (χ4n) is 2.55. The van der Waals surface area contributed by atoms with Crippen LogP contribution in [0.3, 0.4) is 0 Å². The van der Waals surface area contributed by atoms with Gasteiger partial charge in [0.1, 0.15) is 5.75 Å². The van der Waals surface area contributed by atoms with Gasteiger partial charge in [-0.3, -0.25) is 9.69 Å². The Morgan fingerprint density at radius 2 is 2.30 bits per heavy atom. The first-order valence-electron chi connectivity index (χ1n) is 6.56. The zero-order valence-corrected chi connectivity index (χ0v) is 11.8. The second kappa shape index (κ2) is 5.64. The Kier molecular flexibility index (Phi) is 3.71. The van der Waals surface area contributed by atoms with E-state index in [0.29, 0.717) is 5.75 Å². The van der Waals surface area contributed by atoms with E-state index < -0.39 is 0 Å². The molecule has 1 aromatic carbocycles. The molecule has 0 radical (unpaired) electrons. The average Bonchev–Trinajstić information content (AvgIpc) is 2.81. The SMILES string of the molecule is O=CNc1cc2c(s1)CN(Cc1cccc(O)c1)CC2. The zero-order chi connectivity index (χ0) is 13.9. The van der Waals surface area contributed by atoms with Gasteiger partial charge in [0.05, 0.1) is 5.00 Å². The maximum atomic E-state index is 10.5. The Labute approximate surface area is 121 Å². The Hall–Kier alpha value is -1.85. The molecule has 0 unspecified atom stereocenters. The van der Waals surface area contributed by atoms with Gasteiger partial charge in [0.2, 0.25) is 6.41 Å². The predicted octanol–water partition coefficient (Wildman–Crippen LogP) is 2.58. The van der Waals surface area contributed by atoms with E-state index in [1.165, 1.54) is 10.4 Å². The van der Waals surface area contributed by atoms with Crippen molar-refractivity contribution in [3.8, 4) is 5.75 Å². The monoisotopic (exact) mass is 288 g/mol. The fourth-order valence-corrected chi connectivity index (χ4v) is 3.66. The first kappa shape index (κ1) is 13.1. The molecule has 0 bridgehead atoms. The van der Waals surface area contributed by atoms with Crippen LogP contribution >= 0.6 is 11.3 Å². The lowest BCUT2D eigenvalue weighted by molar-refractivity contribution is -0.105. The number of hydrogen-bond donors (Lipinski definition) is 2. The van der Waals surface area contributed by atoms with E-state index in [-0.39, 0.29) is 0 Å². The van der Waals surface area contributed by atoms with E-state index in [4.69, 9.17) is 0 Å². The maximum absolute atomic E-state index is 10.5. The van der Waals surface area contributed by atoms with Crippen LogP contribution in [0.1, 0.15) is 16.0 Å². The van der Waals surface area contributed by atoms with Gasteiger partial charge < -0.3 is 10.4 Å². The third-order valence-corrected chi connectivity index (χ3v) is 4.57. The van der Waals surface area contributed by atoms with Crippen LogP contribution in [-0.4, -0.2) is 23.0 Å². The molecular weight excluding hydrogens is 272 g/mol. The lowest BCUT2D eigenvalue weighted by Gasteiger charge is -2.26. The van der Waals surface area contributed by atoms with Crippen molar-refractivity contribution < 1.29 is 9.90 Å². The van der Waals surface area contributed by atoms with Crippen LogP contribution in [0.2, 0.25) is 0 Å². The number of nitrogens with one attached hydrogen (secondary N) is 1. The van der Waals surface area contributed by atoms with Crippen LogP contribution in [0.25, 0.3) is 0 Å². The Balaban J connectivity index is 1.70. The van der Waals surface area contributed by atoms with Gasteiger partial charge >= 0.3 is 0 Å². The number of phenols is 1. The molecule has 0 fully saturated rings. The lowest BCUT2D eigenvalue weighted by atomic mass is 10.1. The van der Waals surface area contributed by atoms with Crippen LogP contribution < -0.4 is 5.32 Å². The Morgan fingerprint density at radius 3 is 3.10 bits per heavy atom.